The zero-order chi connectivity index (χ0) is 14.3. The number of para-hydroxylation sites is 1. The van der Waals surface area contributed by atoms with Crippen LogP contribution < -0.4 is 10.2 Å². The average Bonchev–Trinajstić information content (AvgIpc) is 2.37. The predicted octanol–water partition coefficient (Wildman–Crippen LogP) is 3.05. The molecule has 0 aromatic heterocycles. The summed E-state index contributed by atoms with van der Waals surface area (Å²) in [5, 5.41) is 13.4. The Labute approximate surface area is 121 Å². The van der Waals surface area contributed by atoms with Crippen LogP contribution in [-0.4, -0.2) is 30.8 Å². The van der Waals surface area contributed by atoms with Gasteiger partial charge in [-0.05, 0) is 38.4 Å². The van der Waals surface area contributed by atoms with Gasteiger partial charge >= 0.3 is 0 Å². The molecule has 1 rings (SSSR count). The van der Waals surface area contributed by atoms with Crippen molar-refractivity contribution in [2.45, 2.75) is 39.8 Å². The Bertz CT molecular complexity index is 382. The summed E-state index contributed by atoms with van der Waals surface area (Å²) >= 11 is 6.37. The van der Waals surface area contributed by atoms with Gasteiger partial charge in [-0.25, -0.2) is 0 Å². The number of halogens is 1. The Morgan fingerprint density at radius 1 is 1.37 bits per heavy atom. The molecule has 108 valence electrons. The Morgan fingerprint density at radius 3 is 2.68 bits per heavy atom. The van der Waals surface area contributed by atoms with Crippen LogP contribution in [0, 0.1) is 0 Å². The highest BCUT2D eigenvalue weighted by molar-refractivity contribution is 6.33. The lowest BCUT2D eigenvalue weighted by Gasteiger charge is -2.31. The van der Waals surface area contributed by atoms with Gasteiger partial charge < -0.3 is 15.3 Å². The number of anilines is 1. The van der Waals surface area contributed by atoms with E-state index in [1.165, 1.54) is 5.56 Å². The van der Waals surface area contributed by atoms with Crippen LogP contribution in [0.1, 0.15) is 32.8 Å². The molecular weight excluding hydrogens is 260 g/mol. The van der Waals surface area contributed by atoms with Gasteiger partial charge in [-0.1, -0.05) is 30.7 Å². The molecule has 0 atom stereocenters. The van der Waals surface area contributed by atoms with Gasteiger partial charge in [0.2, 0.25) is 0 Å². The second-order valence-electron chi connectivity index (χ2n) is 4.94. The first-order valence-corrected chi connectivity index (χ1v) is 7.35. The Kier molecular flexibility index (Phi) is 7.21. The molecule has 2 N–H and O–H groups in total. The van der Waals surface area contributed by atoms with Crippen LogP contribution in [0.25, 0.3) is 0 Å². The first-order chi connectivity index (χ1) is 9.11. The van der Waals surface area contributed by atoms with E-state index in [0.29, 0.717) is 12.6 Å². The molecule has 0 aliphatic carbocycles. The monoisotopic (exact) mass is 284 g/mol. The van der Waals surface area contributed by atoms with Gasteiger partial charge in [-0.2, -0.15) is 0 Å². The maximum absolute atomic E-state index is 9.24. The SMILES string of the molecule is CCCNCc1cccc(Cl)c1N(CCO)C(C)C. The van der Waals surface area contributed by atoms with Gasteiger partial charge in [-0.3, -0.25) is 0 Å². The summed E-state index contributed by atoms with van der Waals surface area (Å²) in [5.41, 5.74) is 2.22. The van der Waals surface area contributed by atoms with Crippen LogP contribution >= 0.6 is 11.6 Å². The summed E-state index contributed by atoms with van der Waals surface area (Å²) in [5.74, 6) is 0. The number of rotatable bonds is 8. The molecule has 4 heteroatoms. The molecule has 0 aliphatic rings. The van der Waals surface area contributed by atoms with Crippen molar-refractivity contribution in [3.63, 3.8) is 0 Å². The fraction of sp³-hybridized carbons (Fsp3) is 0.600. The van der Waals surface area contributed by atoms with E-state index in [-0.39, 0.29) is 6.61 Å². The van der Waals surface area contributed by atoms with Crippen LogP contribution in [0.15, 0.2) is 18.2 Å². The molecule has 19 heavy (non-hydrogen) atoms. The molecule has 0 fully saturated rings. The van der Waals surface area contributed by atoms with Crippen molar-refractivity contribution in [2.75, 3.05) is 24.6 Å². The minimum atomic E-state index is 0.130. The smallest absolute Gasteiger partial charge is 0.0643 e. The third-order valence-corrected chi connectivity index (χ3v) is 3.37. The van der Waals surface area contributed by atoms with Gasteiger partial charge in [0.25, 0.3) is 0 Å². The third kappa shape index (κ3) is 4.68. The van der Waals surface area contributed by atoms with Crippen molar-refractivity contribution < 1.29 is 5.11 Å². The van der Waals surface area contributed by atoms with E-state index in [0.717, 1.165) is 30.2 Å². The highest BCUT2D eigenvalue weighted by atomic mass is 35.5. The predicted molar refractivity (Wildman–Crippen MR) is 83.0 cm³/mol. The normalized spacial score (nSPS) is 11.1. The molecule has 0 radical (unpaired) electrons. The first-order valence-electron chi connectivity index (χ1n) is 6.97. The molecule has 0 saturated heterocycles. The maximum Gasteiger partial charge on any atom is 0.0643 e. The molecule has 0 aliphatic heterocycles. The number of aliphatic hydroxyl groups excluding tert-OH is 1. The fourth-order valence-electron chi connectivity index (χ4n) is 2.16. The molecular formula is C15H25ClN2O. The summed E-state index contributed by atoms with van der Waals surface area (Å²) in [4.78, 5) is 2.16. The van der Waals surface area contributed by atoms with Crippen LogP contribution in [0.3, 0.4) is 0 Å². The Morgan fingerprint density at radius 2 is 2.11 bits per heavy atom. The zero-order valence-electron chi connectivity index (χ0n) is 12.1. The van der Waals surface area contributed by atoms with Gasteiger partial charge in [-0.15, -0.1) is 0 Å². The maximum atomic E-state index is 9.24. The van der Waals surface area contributed by atoms with E-state index in [1.54, 1.807) is 0 Å². The van der Waals surface area contributed by atoms with E-state index in [2.05, 4.69) is 37.1 Å². The van der Waals surface area contributed by atoms with Gasteiger partial charge in [0.05, 0.1) is 17.3 Å². The summed E-state index contributed by atoms with van der Waals surface area (Å²) in [7, 11) is 0. The second-order valence-corrected chi connectivity index (χ2v) is 5.34. The molecule has 0 heterocycles. The molecule has 0 amide bonds. The quantitative estimate of drug-likeness (QED) is 0.720. The molecule has 3 nitrogen and oxygen atoms in total. The molecule has 0 bridgehead atoms. The van der Waals surface area contributed by atoms with E-state index in [9.17, 15) is 5.11 Å². The van der Waals surface area contributed by atoms with Crippen LogP contribution in [0.2, 0.25) is 5.02 Å². The van der Waals surface area contributed by atoms with Crippen LogP contribution in [0.4, 0.5) is 5.69 Å². The molecule has 0 unspecified atom stereocenters. The van der Waals surface area contributed by atoms with E-state index < -0.39 is 0 Å². The zero-order valence-corrected chi connectivity index (χ0v) is 12.9. The number of aliphatic hydroxyl groups is 1. The van der Waals surface area contributed by atoms with E-state index in [4.69, 9.17) is 11.6 Å². The van der Waals surface area contributed by atoms with Gasteiger partial charge in [0.1, 0.15) is 0 Å². The lowest BCUT2D eigenvalue weighted by molar-refractivity contribution is 0.299. The highest BCUT2D eigenvalue weighted by Crippen LogP contribution is 2.31. The minimum Gasteiger partial charge on any atom is -0.395 e. The number of nitrogens with one attached hydrogen (secondary N) is 1. The minimum absolute atomic E-state index is 0.130. The number of benzene rings is 1. The third-order valence-electron chi connectivity index (χ3n) is 3.06. The Hall–Kier alpha value is -0.770. The molecule has 0 saturated carbocycles. The van der Waals surface area contributed by atoms with Crippen LogP contribution in [0.5, 0.6) is 0 Å². The summed E-state index contributed by atoms with van der Waals surface area (Å²) < 4.78 is 0. The van der Waals surface area contributed by atoms with Crippen molar-refractivity contribution in [3.05, 3.63) is 28.8 Å². The standard InChI is InChI=1S/C15H25ClN2O/c1-4-8-17-11-13-6-5-7-14(16)15(13)18(9-10-19)12(2)3/h5-7,12,17,19H,4,8-11H2,1-3H3. The number of hydrogen-bond acceptors (Lipinski definition) is 3. The van der Waals surface area contributed by atoms with Crippen LogP contribution in [-0.2, 0) is 6.54 Å². The average molecular weight is 285 g/mol. The summed E-state index contributed by atoms with van der Waals surface area (Å²) in [6, 6.07) is 6.28. The fourth-order valence-corrected chi connectivity index (χ4v) is 2.46. The summed E-state index contributed by atoms with van der Waals surface area (Å²) in [6.45, 7) is 8.90. The van der Waals surface area contributed by atoms with Gasteiger partial charge in [0.15, 0.2) is 0 Å². The van der Waals surface area contributed by atoms with Gasteiger partial charge in [0, 0.05) is 19.1 Å². The van der Waals surface area contributed by atoms with Crippen molar-refractivity contribution in [3.8, 4) is 0 Å². The summed E-state index contributed by atoms with van der Waals surface area (Å²) in [6.07, 6.45) is 1.11. The number of hydrogen-bond donors (Lipinski definition) is 2. The second kappa shape index (κ2) is 8.41. The lowest BCUT2D eigenvalue weighted by atomic mass is 10.1. The molecule has 1 aromatic carbocycles. The van der Waals surface area contributed by atoms with Crippen molar-refractivity contribution >= 4 is 17.3 Å². The number of nitrogens with zero attached hydrogens (tertiary/aromatic N) is 1. The first kappa shape index (κ1) is 16.3. The molecule has 0 spiro atoms. The van der Waals surface area contributed by atoms with E-state index in [1.807, 2.05) is 12.1 Å². The van der Waals surface area contributed by atoms with Crippen molar-refractivity contribution in [1.29, 1.82) is 0 Å². The Balaban J connectivity index is 3.00. The molecule has 1 aromatic rings. The van der Waals surface area contributed by atoms with E-state index >= 15 is 0 Å². The van der Waals surface area contributed by atoms with Crippen molar-refractivity contribution in [2.24, 2.45) is 0 Å². The largest absolute Gasteiger partial charge is 0.395 e. The topological polar surface area (TPSA) is 35.5 Å². The highest BCUT2D eigenvalue weighted by Gasteiger charge is 2.17. The lowest BCUT2D eigenvalue weighted by Crippen LogP contribution is -2.35. The van der Waals surface area contributed by atoms with Crippen molar-refractivity contribution in [1.82, 2.24) is 5.32 Å².